The molecular weight excluding hydrogens is 310 g/mol. The molecule has 2 aromatic carbocycles. The summed E-state index contributed by atoms with van der Waals surface area (Å²) in [5, 5.41) is 12.6. The van der Waals surface area contributed by atoms with Crippen molar-refractivity contribution in [1.82, 2.24) is 4.90 Å². The topological polar surface area (TPSA) is 56.1 Å². The van der Waals surface area contributed by atoms with Crippen LogP contribution >= 0.6 is 11.6 Å². The molecule has 0 unspecified atom stereocenters. The average molecular weight is 326 g/mol. The number of halogens is 1. The van der Waals surface area contributed by atoms with Crippen LogP contribution < -0.4 is 5.32 Å². The summed E-state index contributed by atoms with van der Waals surface area (Å²) in [6.07, 6.45) is 0.463. The van der Waals surface area contributed by atoms with Crippen molar-refractivity contribution in [2.24, 2.45) is 0 Å². The summed E-state index contributed by atoms with van der Waals surface area (Å²) in [7, 11) is 0. The monoisotopic (exact) mass is 325 g/mol. The number of nitriles is 1. The standard InChI is InChI=1S/C18H16ClN3O/c19-17-8-15(7-6-14(17)10-20)21-16-9-18(23)22(12-16)11-13-4-2-1-3-5-13/h1-8,16,21H,9,11-12H2/t16-/m0/s1. The summed E-state index contributed by atoms with van der Waals surface area (Å²) in [6, 6.07) is 17.3. The zero-order valence-electron chi connectivity index (χ0n) is 12.5. The first kappa shape index (κ1) is 15.4. The number of likely N-dealkylation sites (tertiary alicyclic amines) is 1. The maximum Gasteiger partial charge on any atom is 0.225 e. The molecular formula is C18H16ClN3O. The van der Waals surface area contributed by atoms with Gasteiger partial charge >= 0.3 is 0 Å². The van der Waals surface area contributed by atoms with Gasteiger partial charge < -0.3 is 10.2 Å². The van der Waals surface area contributed by atoms with Crippen LogP contribution in [-0.2, 0) is 11.3 Å². The average Bonchev–Trinajstić information content (AvgIpc) is 2.88. The lowest BCUT2D eigenvalue weighted by atomic mass is 10.2. The fraction of sp³-hybridized carbons (Fsp3) is 0.222. The molecule has 3 rings (SSSR count). The lowest BCUT2D eigenvalue weighted by Gasteiger charge is -2.18. The predicted molar refractivity (Wildman–Crippen MR) is 90.1 cm³/mol. The number of nitrogens with zero attached hydrogens (tertiary/aromatic N) is 2. The maximum absolute atomic E-state index is 12.2. The molecule has 2 aromatic rings. The number of nitrogens with one attached hydrogen (secondary N) is 1. The summed E-state index contributed by atoms with van der Waals surface area (Å²) >= 11 is 6.04. The zero-order chi connectivity index (χ0) is 16.2. The third-order valence-electron chi connectivity index (χ3n) is 3.89. The first-order valence-corrected chi connectivity index (χ1v) is 7.81. The molecule has 4 nitrogen and oxygen atoms in total. The number of hydrogen-bond donors (Lipinski definition) is 1. The number of hydrogen-bond acceptors (Lipinski definition) is 3. The van der Waals surface area contributed by atoms with E-state index in [1.807, 2.05) is 47.4 Å². The third-order valence-corrected chi connectivity index (χ3v) is 4.20. The van der Waals surface area contributed by atoms with Crippen LogP contribution in [0.2, 0.25) is 5.02 Å². The van der Waals surface area contributed by atoms with Crippen LogP contribution in [0.25, 0.3) is 0 Å². The van der Waals surface area contributed by atoms with Crippen molar-refractivity contribution in [3.8, 4) is 6.07 Å². The Morgan fingerprint density at radius 3 is 2.74 bits per heavy atom. The Balaban J connectivity index is 1.64. The lowest BCUT2D eigenvalue weighted by molar-refractivity contribution is -0.128. The first-order valence-electron chi connectivity index (χ1n) is 7.43. The Morgan fingerprint density at radius 1 is 1.26 bits per heavy atom. The number of carbonyl (C=O) groups is 1. The minimum Gasteiger partial charge on any atom is -0.380 e. The molecule has 0 spiro atoms. The third kappa shape index (κ3) is 3.64. The minimum atomic E-state index is 0.0511. The lowest BCUT2D eigenvalue weighted by Crippen LogP contribution is -2.27. The van der Waals surface area contributed by atoms with Gasteiger partial charge in [-0.25, -0.2) is 0 Å². The van der Waals surface area contributed by atoms with Crippen molar-refractivity contribution in [3.05, 3.63) is 64.7 Å². The molecule has 0 radical (unpaired) electrons. The Kier molecular flexibility index (Phi) is 4.50. The maximum atomic E-state index is 12.2. The molecule has 0 aromatic heterocycles. The van der Waals surface area contributed by atoms with E-state index in [1.165, 1.54) is 0 Å². The highest BCUT2D eigenvalue weighted by Crippen LogP contribution is 2.23. The number of anilines is 1. The summed E-state index contributed by atoms with van der Waals surface area (Å²) in [5.41, 5.74) is 2.40. The van der Waals surface area contributed by atoms with Gasteiger partial charge in [-0.3, -0.25) is 4.79 Å². The van der Waals surface area contributed by atoms with E-state index >= 15 is 0 Å². The fourth-order valence-corrected chi connectivity index (χ4v) is 2.98. The highest BCUT2D eigenvalue weighted by atomic mass is 35.5. The van der Waals surface area contributed by atoms with Crippen molar-refractivity contribution in [2.45, 2.75) is 19.0 Å². The summed E-state index contributed by atoms with van der Waals surface area (Å²) < 4.78 is 0. The van der Waals surface area contributed by atoms with Crippen LogP contribution in [-0.4, -0.2) is 23.4 Å². The second-order valence-electron chi connectivity index (χ2n) is 5.61. The molecule has 1 aliphatic heterocycles. The fourth-order valence-electron chi connectivity index (χ4n) is 2.76. The van der Waals surface area contributed by atoms with E-state index in [0.717, 1.165) is 11.3 Å². The van der Waals surface area contributed by atoms with Crippen molar-refractivity contribution in [2.75, 3.05) is 11.9 Å². The van der Waals surface area contributed by atoms with E-state index < -0.39 is 0 Å². The smallest absolute Gasteiger partial charge is 0.225 e. The van der Waals surface area contributed by atoms with Crippen LogP contribution in [0.1, 0.15) is 17.5 Å². The Labute approximate surface area is 140 Å². The van der Waals surface area contributed by atoms with E-state index in [9.17, 15) is 4.79 Å². The Hall–Kier alpha value is -2.51. The second kappa shape index (κ2) is 6.72. The SMILES string of the molecule is N#Cc1ccc(N[C@H]2CC(=O)N(Cc3ccccc3)C2)cc1Cl. The second-order valence-corrected chi connectivity index (χ2v) is 6.02. The molecule has 0 saturated carbocycles. The van der Waals surface area contributed by atoms with E-state index in [2.05, 4.69) is 5.32 Å². The minimum absolute atomic E-state index is 0.0511. The molecule has 1 heterocycles. The molecule has 5 heteroatoms. The van der Waals surface area contributed by atoms with Gasteiger partial charge in [0.2, 0.25) is 5.91 Å². The van der Waals surface area contributed by atoms with Gasteiger partial charge in [-0.1, -0.05) is 41.9 Å². The van der Waals surface area contributed by atoms with Gasteiger partial charge in [0.25, 0.3) is 0 Å². The molecule has 23 heavy (non-hydrogen) atoms. The largest absolute Gasteiger partial charge is 0.380 e. The molecule has 1 amide bonds. The normalized spacial score (nSPS) is 17.1. The van der Waals surface area contributed by atoms with Crippen molar-refractivity contribution < 1.29 is 4.79 Å². The molecule has 1 N–H and O–H groups in total. The molecule has 1 aliphatic rings. The van der Waals surface area contributed by atoms with Crippen LogP contribution in [0.5, 0.6) is 0 Å². The van der Waals surface area contributed by atoms with Gasteiger partial charge in [0.05, 0.1) is 16.6 Å². The highest BCUT2D eigenvalue weighted by molar-refractivity contribution is 6.32. The van der Waals surface area contributed by atoms with Gasteiger partial charge in [0, 0.05) is 25.2 Å². The van der Waals surface area contributed by atoms with E-state index in [4.69, 9.17) is 16.9 Å². The highest BCUT2D eigenvalue weighted by Gasteiger charge is 2.29. The quantitative estimate of drug-likeness (QED) is 0.937. The summed E-state index contributed by atoms with van der Waals surface area (Å²) in [5.74, 6) is 0.145. The van der Waals surface area contributed by atoms with Gasteiger partial charge in [-0.05, 0) is 23.8 Å². The Morgan fingerprint density at radius 2 is 2.04 bits per heavy atom. The van der Waals surface area contributed by atoms with Crippen LogP contribution in [0.3, 0.4) is 0 Å². The summed E-state index contributed by atoms with van der Waals surface area (Å²) in [6.45, 7) is 1.29. The van der Waals surface area contributed by atoms with Gasteiger partial charge in [-0.2, -0.15) is 5.26 Å². The molecule has 1 atom stereocenters. The summed E-state index contributed by atoms with van der Waals surface area (Å²) in [4.78, 5) is 14.0. The van der Waals surface area contributed by atoms with Crippen LogP contribution in [0.4, 0.5) is 5.69 Å². The van der Waals surface area contributed by atoms with Crippen molar-refractivity contribution >= 4 is 23.2 Å². The number of rotatable bonds is 4. The number of carbonyl (C=O) groups excluding carboxylic acids is 1. The Bertz CT molecular complexity index is 755. The van der Waals surface area contributed by atoms with E-state index in [1.54, 1.807) is 12.1 Å². The van der Waals surface area contributed by atoms with Gasteiger partial charge in [-0.15, -0.1) is 0 Å². The van der Waals surface area contributed by atoms with Crippen LogP contribution in [0, 0.1) is 11.3 Å². The van der Waals surface area contributed by atoms with Crippen molar-refractivity contribution in [3.63, 3.8) is 0 Å². The van der Waals surface area contributed by atoms with Crippen molar-refractivity contribution in [1.29, 1.82) is 5.26 Å². The van der Waals surface area contributed by atoms with Gasteiger partial charge in [0.15, 0.2) is 0 Å². The molecule has 116 valence electrons. The molecule has 0 bridgehead atoms. The molecule has 1 fully saturated rings. The van der Waals surface area contributed by atoms with Gasteiger partial charge in [0.1, 0.15) is 6.07 Å². The van der Waals surface area contributed by atoms with E-state index in [0.29, 0.717) is 30.1 Å². The predicted octanol–water partition coefficient (Wildman–Crippen LogP) is 3.42. The first-order chi connectivity index (χ1) is 11.2. The zero-order valence-corrected chi connectivity index (χ0v) is 13.3. The number of benzene rings is 2. The molecule has 1 saturated heterocycles. The van der Waals surface area contributed by atoms with Crippen LogP contribution in [0.15, 0.2) is 48.5 Å². The number of amides is 1. The molecule has 0 aliphatic carbocycles. The van der Waals surface area contributed by atoms with E-state index in [-0.39, 0.29) is 11.9 Å².